The molecule has 0 fully saturated rings. The minimum Gasteiger partial charge on any atom is -0.453 e. The average molecular weight is 374 g/mol. The Labute approximate surface area is 150 Å². The van der Waals surface area contributed by atoms with Crippen LogP contribution in [-0.4, -0.2) is 30.6 Å². The van der Waals surface area contributed by atoms with Crippen LogP contribution in [0.5, 0.6) is 0 Å². The smallest absolute Gasteiger partial charge is 0.312 e. The zero-order chi connectivity index (χ0) is 18.8. The molecule has 0 saturated carbocycles. The molecule has 0 aromatic heterocycles. The first-order valence-electron chi connectivity index (χ1n) is 7.78. The highest BCUT2D eigenvalue weighted by molar-refractivity contribution is 6.33. The molecular weight excluding hydrogens is 353 g/mol. The molecule has 1 rings (SSSR count). The molecule has 9 heteroatoms. The SMILES string of the molecule is C[C@H](OC(=O)CCCCCNC(N)=O)C(=O)Nc1ccc(F)cc1Cl. The Hall–Kier alpha value is -2.35. The fourth-order valence-electron chi connectivity index (χ4n) is 1.92. The lowest BCUT2D eigenvalue weighted by Crippen LogP contribution is -2.30. The van der Waals surface area contributed by atoms with Crippen LogP contribution in [0.4, 0.5) is 14.9 Å². The summed E-state index contributed by atoms with van der Waals surface area (Å²) in [6.07, 6.45) is 1.12. The lowest BCUT2D eigenvalue weighted by molar-refractivity contribution is -0.153. The quantitative estimate of drug-likeness (QED) is 0.456. The number of urea groups is 1. The van der Waals surface area contributed by atoms with Gasteiger partial charge in [0.15, 0.2) is 6.10 Å². The fourth-order valence-corrected chi connectivity index (χ4v) is 2.13. The van der Waals surface area contributed by atoms with E-state index < -0.39 is 29.8 Å². The van der Waals surface area contributed by atoms with E-state index in [4.69, 9.17) is 22.1 Å². The normalized spacial score (nSPS) is 11.5. The predicted octanol–water partition coefficient (Wildman–Crippen LogP) is 2.58. The molecule has 0 radical (unpaired) electrons. The molecule has 0 saturated heterocycles. The van der Waals surface area contributed by atoms with E-state index in [9.17, 15) is 18.8 Å². The molecule has 7 nitrogen and oxygen atoms in total. The van der Waals surface area contributed by atoms with Crippen LogP contribution in [0.25, 0.3) is 0 Å². The van der Waals surface area contributed by atoms with E-state index in [0.717, 1.165) is 12.1 Å². The Bertz CT molecular complexity index is 627. The minimum atomic E-state index is -1.01. The van der Waals surface area contributed by atoms with Gasteiger partial charge in [-0.1, -0.05) is 18.0 Å². The summed E-state index contributed by atoms with van der Waals surface area (Å²) in [7, 11) is 0. The van der Waals surface area contributed by atoms with Gasteiger partial charge in [0.05, 0.1) is 10.7 Å². The number of amides is 3. The maximum atomic E-state index is 13.0. The number of hydrogen-bond donors (Lipinski definition) is 3. The van der Waals surface area contributed by atoms with E-state index in [0.29, 0.717) is 25.8 Å². The molecule has 1 aromatic carbocycles. The third kappa shape index (κ3) is 8.35. The van der Waals surface area contributed by atoms with Gasteiger partial charge in [0.25, 0.3) is 5.91 Å². The molecule has 1 atom stereocenters. The summed E-state index contributed by atoms with van der Waals surface area (Å²) < 4.78 is 18.0. The van der Waals surface area contributed by atoms with Crippen LogP contribution in [0.15, 0.2) is 18.2 Å². The molecule has 25 heavy (non-hydrogen) atoms. The number of carbonyl (C=O) groups is 3. The third-order valence-electron chi connectivity index (χ3n) is 3.22. The molecule has 1 aromatic rings. The number of carbonyl (C=O) groups excluding carboxylic acids is 3. The van der Waals surface area contributed by atoms with Gasteiger partial charge in [-0.2, -0.15) is 0 Å². The van der Waals surface area contributed by atoms with Crippen LogP contribution < -0.4 is 16.4 Å². The van der Waals surface area contributed by atoms with Crippen molar-refractivity contribution in [2.45, 2.75) is 38.7 Å². The highest BCUT2D eigenvalue weighted by Gasteiger charge is 2.18. The maximum absolute atomic E-state index is 13.0. The molecule has 0 aliphatic rings. The highest BCUT2D eigenvalue weighted by atomic mass is 35.5. The first kappa shape index (κ1) is 20.7. The van der Waals surface area contributed by atoms with Crippen molar-refractivity contribution < 1.29 is 23.5 Å². The molecule has 0 bridgehead atoms. The second-order valence-corrected chi connectivity index (χ2v) is 5.75. The topological polar surface area (TPSA) is 111 Å². The molecule has 0 heterocycles. The van der Waals surface area contributed by atoms with Crippen LogP contribution in [0.3, 0.4) is 0 Å². The Morgan fingerprint density at radius 1 is 1.28 bits per heavy atom. The van der Waals surface area contributed by atoms with E-state index in [1.807, 2.05) is 0 Å². The fraction of sp³-hybridized carbons (Fsp3) is 0.438. The summed E-state index contributed by atoms with van der Waals surface area (Å²) in [6, 6.07) is 2.97. The van der Waals surface area contributed by atoms with E-state index in [1.165, 1.54) is 13.0 Å². The Morgan fingerprint density at radius 3 is 2.64 bits per heavy atom. The number of nitrogens with one attached hydrogen (secondary N) is 2. The molecule has 138 valence electrons. The summed E-state index contributed by atoms with van der Waals surface area (Å²) >= 11 is 5.82. The van der Waals surface area contributed by atoms with Crippen molar-refractivity contribution in [3.63, 3.8) is 0 Å². The van der Waals surface area contributed by atoms with Gasteiger partial charge in [-0.15, -0.1) is 0 Å². The number of ether oxygens (including phenoxy) is 1. The summed E-state index contributed by atoms with van der Waals surface area (Å²) in [6.45, 7) is 1.88. The van der Waals surface area contributed by atoms with Crippen molar-refractivity contribution in [1.82, 2.24) is 5.32 Å². The van der Waals surface area contributed by atoms with E-state index in [-0.39, 0.29) is 17.1 Å². The maximum Gasteiger partial charge on any atom is 0.312 e. The van der Waals surface area contributed by atoms with Crippen molar-refractivity contribution in [2.75, 3.05) is 11.9 Å². The van der Waals surface area contributed by atoms with Crippen LogP contribution in [-0.2, 0) is 14.3 Å². The summed E-state index contributed by atoms with van der Waals surface area (Å²) in [5.41, 5.74) is 5.16. The zero-order valence-corrected chi connectivity index (χ0v) is 14.6. The van der Waals surface area contributed by atoms with Gasteiger partial charge in [0, 0.05) is 13.0 Å². The highest BCUT2D eigenvalue weighted by Crippen LogP contribution is 2.22. The molecule has 3 amide bonds. The standard InChI is InChI=1S/C16H21ClFN3O4/c1-10(15(23)21-13-7-6-11(18)9-12(13)17)25-14(22)5-3-2-4-8-20-16(19)24/h6-7,9-10H,2-5,8H2,1H3,(H,21,23)(H3,19,20,24)/t10-/m0/s1. The van der Waals surface area contributed by atoms with Gasteiger partial charge in [0.2, 0.25) is 0 Å². The number of hydrogen-bond acceptors (Lipinski definition) is 4. The molecule has 0 aliphatic carbocycles. The Balaban J connectivity index is 2.29. The second kappa shape index (κ2) is 10.5. The van der Waals surface area contributed by atoms with E-state index >= 15 is 0 Å². The zero-order valence-electron chi connectivity index (χ0n) is 13.8. The van der Waals surface area contributed by atoms with Gasteiger partial charge < -0.3 is 21.1 Å². The number of rotatable bonds is 9. The van der Waals surface area contributed by atoms with Crippen LogP contribution in [0.1, 0.15) is 32.6 Å². The third-order valence-corrected chi connectivity index (χ3v) is 3.54. The van der Waals surface area contributed by atoms with Crippen LogP contribution in [0.2, 0.25) is 5.02 Å². The van der Waals surface area contributed by atoms with Crippen molar-refractivity contribution in [3.8, 4) is 0 Å². The first-order valence-corrected chi connectivity index (χ1v) is 8.16. The summed E-state index contributed by atoms with van der Waals surface area (Å²) in [4.78, 5) is 34.1. The number of unbranched alkanes of at least 4 members (excludes halogenated alkanes) is 2. The van der Waals surface area contributed by atoms with Crippen molar-refractivity contribution in [1.29, 1.82) is 0 Å². The predicted molar refractivity (Wildman–Crippen MR) is 91.6 cm³/mol. The lowest BCUT2D eigenvalue weighted by atomic mass is 10.2. The van der Waals surface area contributed by atoms with Crippen molar-refractivity contribution in [2.24, 2.45) is 5.73 Å². The second-order valence-electron chi connectivity index (χ2n) is 5.35. The van der Waals surface area contributed by atoms with E-state index in [2.05, 4.69) is 10.6 Å². The van der Waals surface area contributed by atoms with Crippen molar-refractivity contribution >= 4 is 35.2 Å². The molecular formula is C16H21ClFN3O4. The summed E-state index contributed by atoms with van der Waals surface area (Å²) in [5.74, 6) is -1.59. The molecule has 0 spiro atoms. The Morgan fingerprint density at radius 2 is 2.00 bits per heavy atom. The molecule has 4 N–H and O–H groups in total. The van der Waals surface area contributed by atoms with Crippen LogP contribution in [0, 0.1) is 5.82 Å². The minimum absolute atomic E-state index is 0.0523. The van der Waals surface area contributed by atoms with Crippen molar-refractivity contribution in [3.05, 3.63) is 29.0 Å². The van der Waals surface area contributed by atoms with E-state index in [1.54, 1.807) is 0 Å². The number of nitrogens with two attached hydrogens (primary N) is 1. The largest absolute Gasteiger partial charge is 0.453 e. The van der Waals surface area contributed by atoms with Gasteiger partial charge in [0.1, 0.15) is 5.82 Å². The first-order chi connectivity index (χ1) is 11.8. The van der Waals surface area contributed by atoms with Gasteiger partial charge in [-0.25, -0.2) is 9.18 Å². The van der Waals surface area contributed by atoms with Crippen LogP contribution >= 0.6 is 11.6 Å². The van der Waals surface area contributed by atoms with Gasteiger partial charge >= 0.3 is 12.0 Å². The molecule has 0 aliphatic heterocycles. The lowest BCUT2D eigenvalue weighted by Gasteiger charge is -2.14. The number of primary amides is 1. The van der Waals surface area contributed by atoms with Gasteiger partial charge in [-0.05, 0) is 38.0 Å². The average Bonchev–Trinajstić information content (AvgIpc) is 2.52. The van der Waals surface area contributed by atoms with Gasteiger partial charge in [-0.3, -0.25) is 9.59 Å². The number of halogens is 2. The monoisotopic (exact) mass is 373 g/mol. The number of esters is 1. The summed E-state index contributed by atoms with van der Waals surface area (Å²) in [5, 5.41) is 4.97. The number of anilines is 1. The molecule has 0 unspecified atom stereocenters. The number of benzene rings is 1. The Kier molecular flexibility index (Phi) is 8.69.